The first-order valence-corrected chi connectivity index (χ1v) is 8.43. The molecule has 1 aromatic heterocycles. The third-order valence-electron chi connectivity index (χ3n) is 4.26. The molecule has 7 heteroatoms. The van der Waals surface area contributed by atoms with Crippen molar-refractivity contribution in [2.75, 3.05) is 18.2 Å². The lowest BCUT2D eigenvalue weighted by molar-refractivity contribution is 0.0592. The Morgan fingerprint density at radius 1 is 1.14 bits per heavy atom. The summed E-state index contributed by atoms with van der Waals surface area (Å²) >= 11 is 0. The molecule has 7 nitrogen and oxygen atoms in total. The van der Waals surface area contributed by atoms with Gasteiger partial charge in [-0.25, -0.2) is 4.79 Å². The highest BCUT2D eigenvalue weighted by atomic mass is 16.5. The van der Waals surface area contributed by atoms with E-state index in [1.165, 1.54) is 17.9 Å². The predicted octanol–water partition coefficient (Wildman–Crippen LogP) is 3.28. The predicted molar refractivity (Wildman–Crippen MR) is 105 cm³/mol. The Kier molecular flexibility index (Phi) is 5.14. The fraction of sp³-hybridized carbons (Fsp3) is 0.0952. The number of benzene rings is 2. The second kappa shape index (κ2) is 7.68. The van der Waals surface area contributed by atoms with Gasteiger partial charge in [-0.2, -0.15) is 5.26 Å². The fourth-order valence-electron chi connectivity index (χ4n) is 2.82. The number of rotatable bonds is 4. The van der Waals surface area contributed by atoms with Crippen LogP contribution in [0.1, 0.15) is 32.0 Å². The minimum absolute atomic E-state index is 0.00287. The lowest BCUT2D eigenvalue weighted by Crippen LogP contribution is -2.17. The van der Waals surface area contributed by atoms with Gasteiger partial charge in [0.25, 0.3) is 5.91 Å². The van der Waals surface area contributed by atoms with Crippen molar-refractivity contribution in [2.24, 2.45) is 0 Å². The zero-order chi connectivity index (χ0) is 20.3. The average molecular weight is 374 g/mol. The Balaban J connectivity index is 2.08. The number of hydrogen-bond donors (Lipinski definition) is 2. The molecule has 1 heterocycles. The van der Waals surface area contributed by atoms with Crippen LogP contribution in [-0.2, 0) is 4.74 Å². The second-order valence-corrected chi connectivity index (χ2v) is 6.12. The average Bonchev–Trinajstić information content (AvgIpc) is 3.05. The summed E-state index contributed by atoms with van der Waals surface area (Å²) in [6.45, 7) is 1.96. The van der Waals surface area contributed by atoms with Gasteiger partial charge in [0.2, 0.25) is 0 Å². The van der Waals surface area contributed by atoms with Crippen molar-refractivity contribution in [3.05, 3.63) is 77.1 Å². The number of carbonyl (C=O) groups is 2. The maximum atomic E-state index is 12.9. The molecule has 0 aliphatic rings. The molecule has 0 aliphatic carbocycles. The smallest absolute Gasteiger partial charge is 0.357 e. The number of aromatic nitrogens is 1. The van der Waals surface area contributed by atoms with Gasteiger partial charge in [-0.05, 0) is 31.2 Å². The number of nitrogens with two attached hydrogens (primary N) is 1. The largest absolute Gasteiger partial charge is 0.464 e. The fourth-order valence-corrected chi connectivity index (χ4v) is 2.82. The number of methoxy groups -OCH3 is 1. The highest BCUT2D eigenvalue weighted by Crippen LogP contribution is 2.27. The summed E-state index contributed by atoms with van der Waals surface area (Å²) in [6, 6.07) is 16.1. The van der Waals surface area contributed by atoms with Crippen LogP contribution in [0.2, 0.25) is 0 Å². The molecule has 2 aromatic carbocycles. The molecule has 0 radical (unpaired) electrons. The molecule has 1 amide bonds. The quantitative estimate of drug-likeness (QED) is 0.681. The summed E-state index contributed by atoms with van der Waals surface area (Å²) < 4.78 is 6.20. The third kappa shape index (κ3) is 3.44. The molecule has 0 atom stereocenters. The molecule has 3 rings (SSSR count). The first-order chi connectivity index (χ1) is 13.5. The molecular formula is C21H18N4O3. The lowest BCUT2D eigenvalue weighted by atomic mass is 10.1. The van der Waals surface area contributed by atoms with Crippen LogP contribution in [0.4, 0.5) is 11.4 Å². The maximum absolute atomic E-state index is 12.9. The number of esters is 1. The first kappa shape index (κ1) is 18.7. The van der Waals surface area contributed by atoms with Crippen LogP contribution in [-0.4, -0.2) is 23.6 Å². The van der Waals surface area contributed by atoms with E-state index < -0.39 is 5.97 Å². The minimum Gasteiger partial charge on any atom is -0.464 e. The summed E-state index contributed by atoms with van der Waals surface area (Å²) in [4.78, 5) is 25.1. The number of nitrogens with one attached hydrogen (secondary N) is 1. The van der Waals surface area contributed by atoms with E-state index in [2.05, 4.69) is 5.32 Å². The zero-order valence-corrected chi connectivity index (χ0v) is 15.4. The number of amides is 1. The van der Waals surface area contributed by atoms with Crippen LogP contribution in [0.5, 0.6) is 0 Å². The number of anilines is 2. The maximum Gasteiger partial charge on any atom is 0.357 e. The Morgan fingerprint density at radius 3 is 2.46 bits per heavy atom. The first-order valence-electron chi connectivity index (χ1n) is 8.43. The standard InChI is InChI=1S/C21H18N4O3/c1-13-7-9-15(10-8-13)24-20(26)16-5-3-4-6-17(16)25-12-14(11-22)18(23)19(25)21(27)28-2/h3-10,12H,23H2,1-2H3,(H,24,26). The van der Waals surface area contributed by atoms with Gasteiger partial charge < -0.3 is 20.4 Å². The van der Waals surface area contributed by atoms with Crippen molar-refractivity contribution in [3.8, 4) is 11.8 Å². The van der Waals surface area contributed by atoms with E-state index in [1.807, 2.05) is 25.1 Å². The highest BCUT2D eigenvalue weighted by molar-refractivity contribution is 6.07. The van der Waals surface area contributed by atoms with Crippen LogP contribution in [0.15, 0.2) is 54.7 Å². The summed E-state index contributed by atoms with van der Waals surface area (Å²) in [7, 11) is 1.22. The normalized spacial score (nSPS) is 10.2. The van der Waals surface area contributed by atoms with Crippen molar-refractivity contribution in [3.63, 3.8) is 0 Å². The van der Waals surface area contributed by atoms with Crippen molar-refractivity contribution in [2.45, 2.75) is 6.92 Å². The Morgan fingerprint density at radius 2 is 1.82 bits per heavy atom. The summed E-state index contributed by atoms with van der Waals surface area (Å²) in [5.41, 5.74) is 8.50. The van der Waals surface area contributed by atoms with E-state index in [4.69, 9.17) is 10.5 Å². The van der Waals surface area contributed by atoms with Crippen LogP contribution in [0.25, 0.3) is 5.69 Å². The van der Waals surface area contributed by atoms with Crippen LogP contribution < -0.4 is 11.1 Å². The molecule has 0 bridgehead atoms. The molecule has 0 saturated carbocycles. The summed E-state index contributed by atoms with van der Waals surface area (Å²) in [5, 5.41) is 12.1. The van der Waals surface area contributed by atoms with E-state index in [0.29, 0.717) is 16.9 Å². The summed E-state index contributed by atoms with van der Waals surface area (Å²) in [5.74, 6) is -1.06. The molecule has 0 saturated heterocycles. The van der Waals surface area contributed by atoms with Crippen molar-refractivity contribution in [1.29, 1.82) is 5.26 Å². The van der Waals surface area contributed by atoms with Gasteiger partial charge in [-0.15, -0.1) is 0 Å². The Hall–Kier alpha value is -4.05. The van der Waals surface area contributed by atoms with E-state index in [-0.39, 0.29) is 22.9 Å². The van der Waals surface area contributed by atoms with Crippen LogP contribution >= 0.6 is 0 Å². The molecule has 3 aromatic rings. The van der Waals surface area contributed by atoms with Crippen molar-refractivity contribution >= 4 is 23.3 Å². The molecule has 3 N–H and O–H groups in total. The number of hydrogen-bond acceptors (Lipinski definition) is 5. The molecule has 0 aliphatic heterocycles. The van der Waals surface area contributed by atoms with Gasteiger partial charge in [0.1, 0.15) is 6.07 Å². The number of ether oxygens (including phenoxy) is 1. The topological polar surface area (TPSA) is 110 Å². The molecule has 28 heavy (non-hydrogen) atoms. The van der Waals surface area contributed by atoms with Crippen LogP contribution in [0.3, 0.4) is 0 Å². The van der Waals surface area contributed by atoms with Gasteiger partial charge in [-0.3, -0.25) is 4.79 Å². The Bertz CT molecular complexity index is 1090. The van der Waals surface area contributed by atoms with Gasteiger partial charge in [0.15, 0.2) is 5.69 Å². The highest BCUT2D eigenvalue weighted by Gasteiger charge is 2.24. The molecule has 0 unspecified atom stereocenters. The number of aryl methyl sites for hydroxylation is 1. The zero-order valence-electron chi connectivity index (χ0n) is 15.4. The monoisotopic (exact) mass is 374 g/mol. The van der Waals surface area contributed by atoms with Gasteiger partial charge in [-0.1, -0.05) is 29.8 Å². The van der Waals surface area contributed by atoms with E-state index >= 15 is 0 Å². The van der Waals surface area contributed by atoms with Gasteiger partial charge in [0.05, 0.1) is 29.6 Å². The van der Waals surface area contributed by atoms with Crippen molar-refractivity contribution in [1.82, 2.24) is 4.57 Å². The Labute approximate surface area is 162 Å². The third-order valence-corrected chi connectivity index (χ3v) is 4.26. The molecule has 140 valence electrons. The SMILES string of the molecule is COC(=O)c1c(N)c(C#N)cn1-c1ccccc1C(=O)Nc1ccc(C)cc1. The molecule has 0 fully saturated rings. The summed E-state index contributed by atoms with van der Waals surface area (Å²) in [6.07, 6.45) is 1.42. The molecule has 0 spiro atoms. The molecular weight excluding hydrogens is 356 g/mol. The second-order valence-electron chi connectivity index (χ2n) is 6.12. The number of carbonyl (C=O) groups excluding carboxylic acids is 2. The van der Waals surface area contributed by atoms with Gasteiger partial charge in [0, 0.05) is 11.9 Å². The van der Waals surface area contributed by atoms with Crippen molar-refractivity contribution < 1.29 is 14.3 Å². The number of nitrogens with zero attached hydrogens (tertiary/aromatic N) is 2. The van der Waals surface area contributed by atoms with E-state index in [9.17, 15) is 14.9 Å². The van der Waals surface area contributed by atoms with Crippen LogP contribution in [0, 0.1) is 18.3 Å². The number of nitriles is 1. The number of para-hydroxylation sites is 1. The van der Waals surface area contributed by atoms with Gasteiger partial charge >= 0.3 is 5.97 Å². The minimum atomic E-state index is -0.701. The van der Waals surface area contributed by atoms with E-state index in [0.717, 1.165) is 5.56 Å². The van der Waals surface area contributed by atoms with E-state index in [1.54, 1.807) is 36.4 Å². The lowest BCUT2D eigenvalue weighted by Gasteiger charge is -2.13. The number of nitrogen functional groups attached to an aromatic ring is 1.